The van der Waals surface area contributed by atoms with Gasteiger partial charge in [0.15, 0.2) is 0 Å². The van der Waals surface area contributed by atoms with E-state index in [1.54, 1.807) is 5.06 Å². The third-order valence-electron chi connectivity index (χ3n) is 3.82. The van der Waals surface area contributed by atoms with Crippen LogP contribution in [0.3, 0.4) is 0 Å². The number of aliphatic hydroxyl groups is 1. The minimum absolute atomic E-state index is 0.0961. The third-order valence-corrected chi connectivity index (χ3v) is 3.82. The second-order valence-corrected chi connectivity index (χ2v) is 5.05. The molecule has 2 aliphatic rings. The van der Waals surface area contributed by atoms with Gasteiger partial charge in [0.2, 0.25) is 0 Å². The minimum Gasteiger partial charge on any atom is -0.461 e. The molecule has 2 fully saturated rings. The van der Waals surface area contributed by atoms with Crippen molar-refractivity contribution in [2.45, 2.75) is 31.7 Å². The summed E-state index contributed by atoms with van der Waals surface area (Å²) < 4.78 is 5.26. The molecule has 0 aliphatic carbocycles. The summed E-state index contributed by atoms with van der Waals surface area (Å²) in [7, 11) is 0. The SMILES string of the molecule is C[C@@H]1OC(=O)[C@@H]2[C@H]1[C@H](CO)ON2Cc1ccccc1. The molecule has 0 radical (unpaired) electrons. The molecule has 2 heterocycles. The summed E-state index contributed by atoms with van der Waals surface area (Å²) in [5, 5.41) is 11.0. The fraction of sp³-hybridized carbons (Fsp3) is 0.500. The maximum Gasteiger partial charge on any atom is 0.326 e. The lowest BCUT2D eigenvalue weighted by Gasteiger charge is -2.19. The van der Waals surface area contributed by atoms with E-state index >= 15 is 0 Å². The van der Waals surface area contributed by atoms with Crippen molar-refractivity contribution in [2.24, 2.45) is 5.92 Å². The number of aliphatic hydroxyl groups excluding tert-OH is 1. The predicted octanol–water partition coefficient (Wildman–Crippen LogP) is 0.725. The first-order chi connectivity index (χ1) is 9.20. The highest BCUT2D eigenvalue weighted by Crippen LogP contribution is 2.38. The van der Waals surface area contributed by atoms with Gasteiger partial charge in [-0.15, -0.1) is 0 Å². The fourth-order valence-electron chi connectivity index (χ4n) is 2.92. The van der Waals surface area contributed by atoms with Crippen molar-refractivity contribution in [3.8, 4) is 0 Å². The minimum atomic E-state index is -0.410. The zero-order valence-corrected chi connectivity index (χ0v) is 10.7. The van der Waals surface area contributed by atoms with Crippen molar-refractivity contribution in [3.05, 3.63) is 35.9 Å². The first-order valence-electron chi connectivity index (χ1n) is 6.49. The van der Waals surface area contributed by atoms with Crippen LogP contribution in [0.4, 0.5) is 0 Å². The average Bonchev–Trinajstić information content (AvgIpc) is 2.91. The Kier molecular flexibility index (Phi) is 3.26. The molecule has 1 aromatic carbocycles. The highest BCUT2D eigenvalue weighted by atomic mass is 16.7. The van der Waals surface area contributed by atoms with E-state index in [2.05, 4.69) is 0 Å². The second kappa shape index (κ2) is 4.92. The number of cyclic esters (lactones) is 1. The molecule has 0 amide bonds. The van der Waals surface area contributed by atoms with Gasteiger partial charge in [0.25, 0.3) is 0 Å². The number of hydroxylamine groups is 2. The van der Waals surface area contributed by atoms with Crippen LogP contribution in [0.15, 0.2) is 30.3 Å². The van der Waals surface area contributed by atoms with Gasteiger partial charge >= 0.3 is 5.97 Å². The van der Waals surface area contributed by atoms with E-state index in [1.807, 2.05) is 37.3 Å². The van der Waals surface area contributed by atoms with Gasteiger partial charge in [-0.05, 0) is 12.5 Å². The number of esters is 1. The molecule has 0 saturated carbocycles. The molecule has 19 heavy (non-hydrogen) atoms. The van der Waals surface area contributed by atoms with Crippen LogP contribution in [0.2, 0.25) is 0 Å². The summed E-state index contributed by atoms with van der Waals surface area (Å²) in [5.74, 6) is -0.356. The summed E-state index contributed by atoms with van der Waals surface area (Å²) in [6, 6.07) is 9.39. The molecule has 4 atom stereocenters. The quantitative estimate of drug-likeness (QED) is 0.814. The van der Waals surface area contributed by atoms with Crippen molar-refractivity contribution >= 4 is 5.97 Å². The smallest absolute Gasteiger partial charge is 0.326 e. The largest absolute Gasteiger partial charge is 0.461 e. The normalized spacial score (nSPS) is 34.3. The van der Waals surface area contributed by atoms with E-state index in [0.717, 1.165) is 5.56 Å². The molecule has 3 rings (SSSR count). The summed E-state index contributed by atoms with van der Waals surface area (Å²) in [4.78, 5) is 17.6. The Morgan fingerprint density at radius 3 is 2.74 bits per heavy atom. The molecule has 2 aliphatic heterocycles. The van der Waals surface area contributed by atoms with Crippen LogP contribution in [-0.4, -0.2) is 41.0 Å². The Hall–Kier alpha value is -1.43. The maximum absolute atomic E-state index is 11.9. The number of hydrogen-bond donors (Lipinski definition) is 1. The standard InChI is InChI=1S/C14H17NO4/c1-9-12-11(8-16)19-15(13(12)14(17)18-9)7-10-5-3-2-4-6-10/h2-6,9,11-13,16H,7-8H2,1H3/t9-,11-,12+,13-/m0/s1. The molecule has 0 bridgehead atoms. The molecular formula is C14H17NO4. The van der Waals surface area contributed by atoms with E-state index in [-0.39, 0.29) is 30.7 Å². The molecule has 0 aromatic heterocycles. The lowest BCUT2D eigenvalue weighted by Crippen LogP contribution is -2.35. The predicted molar refractivity (Wildman–Crippen MR) is 66.8 cm³/mol. The number of benzene rings is 1. The topological polar surface area (TPSA) is 59.0 Å². The van der Waals surface area contributed by atoms with Crippen LogP contribution in [0, 0.1) is 5.92 Å². The zero-order chi connectivity index (χ0) is 13.4. The number of carbonyl (C=O) groups is 1. The number of rotatable bonds is 3. The van der Waals surface area contributed by atoms with E-state index in [1.165, 1.54) is 0 Å². The molecule has 5 heteroatoms. The molecule has 102 valence electrons. The van der Waals surface area contributed by atoms with Crippen LogP contribution in [-0.2, 0) is 20.9 Å². The van der Waals surface area contributed by atoms with Gasteiger partial charge in [0, 0.05) is 0 Å². The number of hydrogen-bond acceptors (Lipinski definition) is 5. The maximum atomic E-state index is 11.9. The van der Waals surface area contributed by atoms with Crippen molar-refractivity contribution in [1.82, 2.24) is 5.06 Å². The highest BCUT2D eigenvalue weighted by Gasteiger charge is 2.55. The number of carbonyl (C=O) groups excluding carboxylic acids is 1. The average molecular weight is 263 g/mol. The molecule has 5 nitrogen and oxygen atoms in total. The van der Waals surface area contributed by atoms with Crippen LogP contribution >= 0.6 is 0 Å². The van der Waals surface area contributed by atoms with Crippen LogP contribution in [0.5, 0.6) is 0 Å². The summed E-state index contributed by atoms with van der Waals surface area (Å²) in [6.45, 7) is 2.26. The lowest BCUT2D eigenvalue weighted by molar-refractivity contribution is -0.195. The fourth-order valence-corrected chi connectivity index (χ4v) is 2.92. The van der Waals surface area contributed by atoms with Crippen molar-refractivity contribution in [3.63, 3.8) is 0 Å². The van der Waals surface area contributed by atoms with E-state index in [0.29, 0.717) is 6.54 Å². The van der Waals surface area contributed by atoms with Gasteiger partial charge in [-0.3, -0.25) is 9.63 Å². The monoisotopic (exact) mass is 263 g/mol. The zero-order valence-electron chi connectivity index (χ0n) is 10.7. The Labute approximate surface area is 111 Å². The number of fused-ring (bicyclic) bond motifs is 1. The van der Waals surface area contributed by atoms with Gasteiger partial charge in [-0.25, -0.2) is 0 Å². The lowest BCUT2D eigenvalue weighted by atomic mass is 9.93. The molecule has 0 spiro atoms. The van der Waals surface area contributed by atoms with Crippen LogP contribution in [0.25, 0.3) is 0 Å². The third kappa shape index (κ3) is 2.14. The van der Waals surface area contributed by atoms with Crippen molar-refractivity contribution in [2.75, 3.05) is 6.61 Å². The first-order valence-corrected chi connectivity index (χ1v) is 6.49. The van der Waals surface area contributed by atoms with Gasteiger partial charge in [-0.1, -0.05) is 30.3 Å². The molecule has 1 aromatic rings. The summed E-state index contributed by atoms with van der Waals surface area (Å²) >= 11 is 0. The van der Waals surface area contributed by atoms with Gasteiger partial charge in [0.1, 0.15) is 18.2 Å². The van der Waals surface area contributed by atoms with Crippen LogP contribution < -0.4 is 0 Å². The Morgan fingerprint density at radius 2 is 2.05 bits per heavy atom. The number of ether oxygens (including phenoxy) is 1. The van der Waals surface area contributed by atoms with Gasteiger partial charge in [0.05, 0.1) is 19.1 Å². The molecule has 0 unspecified atom stereocenters. The second-order valence-electron chi connectivity index (χ2n) is 5.05. The first kappa shape index (κ1) is 12.6. The van der Waals surface area contributed by atoms with Crippen molar-refractivity contribution in [1.29, 1.82) is 0 Å². The summed E-state index contributed by atoms with van der Waals surface area (Å²) in [6.07, 6.45) is -0.578. The van der Waals surface area contributed by atoms with Crippen molar-refractivity contribution < 1.29 is 19.5 Å². The molecular weight excluding hydrogens is 246 g/mol. The highest BCUT2D eigenvalue weighted by molar-refractivity contribution is 5.79. The molecule has 2 saturated heterocycles. The summed E-state index contributed by atoms with van der Waals surface area (Å²) in [5.41, 5.74) is 1.06. The molecule has 1 N–H and O–H groups in total. The Bertz CT molecular complexity index is 464. The van der Waals surface area contributed by atoms with Gasteiger partial charge < -0.3 is 9.84 Å². The van der Waals surface area contributed by atoms with Gasteiger partial charge in [-0.2, -0.15) is 5.06 Å². The van der Waals surface area contributed by atoms with E-state index < -0.39 is 6.04 Å². The van der Waals surface area contributed by atoms with Crippen LogP contribution in [0.1, 0.15) is 12.5 Å². The Balaban J connectivity index is 1.81. The van der Waals surface area contributed by atoms with E-state index in [9.17, 15) is 9.90 Å². The van der Waals surface area contributed by atoms with E-state index in [4.69, 9.17) is 9.57 Å². The Morgan fingerprint density at radius 1 is 1.32 bits per heavy atom. The number of nitrogens with zero attached hydrogens (tertiary/aromatic N) is 1.